The van der Waals surface area contributed by atoms with Crippen molar-refractivity contribution in [2.24, 2.45) is 0 Å². The molecular formula is C14H15ClN2OS. The van der Waals surface area contributed by atoms with Crippen LogP contribution in [0.3, 0.4) is 0 Å². The van der Waals surface area contributed by atoms with Gasteiger partial charge < -0.3 is 5.32 Å². The van der Waals surface area contributed by atoms with E-state index in [1.165, 1.54) is 4.88 Å². The molecule has 100 valence electrons. The molecule has 0 aliphatic rings. The number of carbonyl (C=O) groups excluding carboxylic acids is 1. The van der Waals surface area contributed by atoms with Crippen molar-refractivity contribution in [1.29, 1.82) is 0 Å². The van der Waals surface area contributed by atoms with Crippen LogP contribution < -0.4 is 5.32 Å². The number of benzene rings is 1. The Kier molecular flexibility index (Phi) is 4.56. The maximum atomic E-state index is 11.9. The fourth-order valence-electron chi connectivity index (χ4n) is 1.84. The Morgan fingerprint density at radius 2 is 2.11 bits per heavy atom. The summed E-state index contributed by atoms with van der Waals surface area (Å²) in [6.07, 6.45) is 0.799. The van der Waals surface area contributed by atoms with Crippen LogP contribution in [0.25, 0.3) is 0 Å². The average molecular weight is 295 g/mol. The third-order valence-corrected chi connectivity index (χ3v) is 4.22. The van der Waals surface area contributed by atoms with Crippen molar-refractivity contribution in [3.63, 3.8) is 0 Å². The van der Waals surface area contributed by atoms with Crippen molar-refractivity contribution in [2.45, 2.75) is 20.3 Å². The number of nitrogens with zero attached hydrogens (tertiary/aromatic N) is 1. The lowest BCUT2D eigenvalue weighted by molar-refractivity contribution is 0.0954. The van der Waals surface area contributed by atoms with E-state index in [9.17, 15) is 4.79 Å². The first-order chi connectivity index (χ1) is 9.08. The molecule has 0 atom stereocenters. The van der Waals surface area contributed by atoms with Crippen molar-refractivity contribution in [1.82, 2.24) is 10.3 Å². The van der Waals surface area contributed by atoms with Gasteiger partial charge in [0.05, 0.1) is 21.3 Å². The molecule has 2 rings (SSSR count). The van der Waals surface area contributed by atoms with Gasteiger partial charge in [0.1, 0.15) is 0 Å². The average Bonchev–Trinajstić information content (AvgIpc) is 2.68. The van der Waals surface area contributed by atoms with Gasteiger partial charge in [-0.3, -0.25) is 4.79 Å². The third-order valence-electron chi connectivity index (χ3n) is 2.76. The maximum absolute atomic E-state index is 11.9. The summed E-state index contributed by atoms with van der Waals surface area (Å²) >= 11 is 7.65. The van der Waals surface area contributed by atoms with Crippen LogP contribution in [-0.4, -0.2) is 17.4 Å². The van der Waals surface area contributed by atoms with Crippen LogP contribution >= 0.6 is 22.9 Å². The Morgan fingerprint density at radius 3 is 2.74 bits per heavy atom. The summed E-state index contributed by atoms with van der Waals surface area (Å²) in [6.45, 7) is 4.57. The fourth-order valence-corrected chi connectivity index (χ4v) is 2.99. The smallest absolute Gasteiger partial charge is 0.252 e. The van der Waals surface area contributed by atoms with E-state index in [-0.39, 0.29) is 5.91 Å². The van der Waals surface area contributed by atoms with Crippen LogP contribution in [0.15, 0.2) is 24.3 Å². The van der Waals surface area contributed by atoms with Gasteiger partial charge in [0.15, 0.2) is 0 Å². The first-order valence-electron chi connectivity index (χ1n) is 6.03. The van der Waals surface area contributed by atoms with Gasteiger partial charge in [-0.15, -0.1) is 11.3 Å². The number of amides is 1. The van der Waals surface area contributed by atoms with Gasteiger partial charge in [-0.05, 0) is 26.0 Å². The maximum Gasteiger partial charge on any atom is 0.252 e. The Balaban J connectivity index is 1.91. The van der Waals surface area contributed by atoms with E-state index in [0.717, 1.165) is 17.1 Å². The Bertz CT molecular complexity index is 595. The van der Waals surface area contributed by atoms with Gasteiger partial charge in [-0.1, -0.05) is 23.7 Å². The van der Waals surface area contributed by atoms with E-state index < -0.39 is 0 Å². The van der Waals surface area contributed by atoms with E-state index in [0.29, 0.717) is 17.1 Å². The van der Waals surface area contributed by atoms with Crippen LogP contribution in [0.5, 0.6) is 0 Å². The highest BCUT2D eigenvalue weighted by molar-refractivity contribution is 7.11. The van der Waals surface area contributed by atoms with Gasteiger partial charge in [0.25, 0.3) is 5.91 Å². The highest BCUT2D eigenvalue weighted by Gasteiger charge is 2.10. The predicted octanol–water partition coefficient (Wildman–Crippen LogP) is 3.39. The largest absolute Gasteiger partial charge is 0.352 e. The molecule has 0 aliphatic heterocycles. The van der Waals surface area contributed by atoms with Gasteiger partial charge in [-0.2, -0.15) is 0 Å². The molecule has 1 N–H and O–H groups in total. The molecule has 0 saturated heterocycles. The minimum absolute atomic E-state index is 0.135. The molecule has 0 aliphatic carbocycles. The van der Waals surface area contributed by atoms with Crippen molar-refractivity contribution in [2.75, 3.05) is 6.54 Å². The first-order valence-corrected chi connectivity index (χ1v) is 7.23. The molecule has 0 radical (unpaired) electrons. The molecule has 0 spiro atoms. The molecule has 1 heterocycles. The molecule has 2 aromatic rings. The van der Waals surface area contributed by atoms with E-state index >= 15 is 0 Å². The topological polar surface area (TPSA) is 42.0 Å². The molecule has 1 aromatic heterocycles. The summed E-state index contributed by atoms with van der Waals surface area (Å²) in [5, 5.41) is 4.42. The molecule has 5 heteroatoms. The lowest BCUT2D eigenvalue weighted by atomic mass is 10.2. The lowest BCUT2D eigenvalue weighted by Crippen LogP contribution is -2.25. The molecular weight excluding hydrogens is 280 g/mol. The van der Waals surface area contributed by atoms with Crippen molar-refractivity contribution in [3.8, 4) is 0 Å². The summed E-state index contributed by atoms with van der Waals surface area (Å²) in [5.74, 6) is -0.135. The monoisotopic (exact) mass is 294 g/mol. The van der Waals surface area contributed by atoms with Crippen LogP contribution in [0, 0.1) is 13.8 Å². The number of aryl methyl sites for hydroxylation is 2. The molecule has 0 fully saturated rings. The fraction of sp³-hybridized carbons (Fsp3) is 0.286. The normalized spacial score (nSPS) is 10.5. The van der Waals surface area contributed by atoms with Crippen molar-refractivity contribution < 1.29 is 4.79 Å². The van der Waals surface area contributed by atoms with Gasteiger partial charge in [-0.25, -0.2) is 4.98 Å². The zero-order valence-electron chi connectivity index (χ0n) is 10.9. The second-order valence-corrected chi connectivity index (χ2v) is 5.92. The number of halogens is 1. The van der Waals surface area contributed by atoms with Gasteiger partial charge >= 0.3 is 0 Å². The summed E-state index contributed by atoms with van der Waals surface area (Å²) in [4.78, 5) is 17.5. The summed E-state index contributed by atoms with van der Waals surface area (Å²) in [6, 6.07) is 7.05. The Morgan fingerprint density at radius 1 is 1.37 bits per heavy atom. The zero-order valence-corrected chi connectivity index (χ0v) is 12.4. The number of hydrogen-bond donors (Lipinski definition) is 1. The Hall–Kier alpha value is -1.39. The number of rotatable bonds is 4. The third kappa shape index (κ3) is 3.55. The Labute approximate surface area is 121 Å². The standard InChI is InChI=1S/C14H15ClN2OS/c1-9-13(19-10(2)17-9)7-8-16-14(18)11-5-3-4-6-12(11)15/h3-6H,7-8H2,1-2H3,(H,16,18). The van der Waals surface area contributed by atoms with E-state index in [4.69, 9.17) is 11.6 Å². The summed E-state index contributed by atoms with van der Waals surface area (Å²) in [7, 11) is 0. The minimum Gasteiger partial charge on any atom is -0.352 e. The molecule has 3 nitrogen and oxygen atoms in total. The lowest BCUT2D eigenvalue weighted by Gasteiger charge is -2.06. The quantitative estimate of drug-likeness (QED) is 0.939. The predicted molar refractivity (Wildman–Crippen MR) is 79.1 cm³/mol. The first kappa shape index (κ1) is 14.0. The van der Waals surface area contributed by atoms with Crippen LogP contribution in [0.1, 0.15) is 25.9 Å². The van der Waals surface area contributed by atoms with E-state index in [1.54, 1.807) is 29.5 Å². The molecule has 19 heavy (non-hydrogen) atoms. The second-order valence-electron chi connectivity index (χ2n) is 4.23. The van der Waals surface area contributed by atoms with Gasteiger partial charge in [0.2, 0.25) is 0 Å². The summed E-state index contributed by atoms with van der Waals surface area (Å²) in [5.41, 5.74) is 1.57. The van der Waals surface area contributed by atoms with Gasteiger partial charge in [0, 0.05) is 17.8 Å². The molecule has 1 amide bonds. The highest BCUT2D eigenvalue weighted by Crippen LogP contribution is 2.17. The van der Waals surface area contributed by atoms with E-state index in [1.807, 2.05) is 19.9 Å². The zero-order chi connectivity index (χ0) is 13.8. The molecule has 0 bridgehead atoms. The second kappa shape index (κ2) is 6.17. The van der Waals surface area contributed by atoms with Crippen molar-refractivity contribution in [3.05, 3.63) is 50.4 Å². The number of aromatic nitrogens is 1. The highest BCUT2D eigenvalue weighted by atomic mass is 35.5. The van der Waals surface area contributed by atoms with E-state index in [2.05, 4.69) is 10.3 Å². The number of nitrogens with one attached hydrogen (secondary N) is 1. The number of carbonyl (C=O) groups is 1. The number of thiazole rings is 1. The molecule has 1 aromatic carbocycles. The van der Waals surface area contributed by atoms with Crippen LogP contribution in [-0.2, 0) is 6.42 Å². The summed E-state index contributed by atoms with van der Waals surface area (Å²) < 4.78 is 0. The SMILES string of the molecule is Cc1nc(C)c(CCNC(=O)c2ccccc2Cl)s1. The van der Waals surface area contributed by atoms with Crippen molar-refractivity contribution >= 4 is 28.8 Å². The minimum atomic E-state index is -0.135. The van der Waals surface area contributed by atoms with Crippen LogP contribution in [0.4, 0.5) is 0 Å². The molecule has 0 unspecified atom stereocenters. The van der Waals surface area contributed by atoms with Crippen LogP contribution in [0.2, 0.25) is 5.02 Å². The molecule has 0 saturated carbocycles. The number of hydrogen-bond acceptors (Lipinski definition) is 3.